The first-order valence-corrected chi connectivity index (χ1v) is 6.98. The number of benzene rings is 1. The molecule has 1 aromatic rings. The molecule has 0 aliphatic heterocycles. The van der Waals surface area contributed by atoms with Crippen molar-refractivity contribution in [3.63, 3.8) is 0 Å². The highest BCUT2D eigenvalue weighted by atomic mass is 79.9. The fourth-order valence-corrected chi connectivity index (χ4v) is 2.10. The van der Waals surface area contributed by atoms with Gasteiger partial charge in [-0.3, -0.25) is 10.1 Å². The van der Waals surface area contributed by atoms with Crippen LogP contribution in [0.15, 0.2) is 18.2 Å². The van der Waals surface area contributed by atoms with E-state index in [-0.39, 0.29) is 11.6 Å². The van der Waals surface area contributed by atoms with Crippen LogP contribution in [0.25, 0.3) is 0 Å². The zero-order valence-electron chi connectivity index (χ0n) is 10.9. The quantitative estimate of drug-likeness (QED) is 0.447. The lowest BCUT2D eigenvalue weighted by atomic mass is 9.96. The number of nitrogens with zero attached hydrogens (tertiary/aromatic N) is 1. The molecular weight excluding hydrogens is 298 g/mol. The maximum Gasteiger partial charge on any atom is 0.310 e. The van der Waals surface area contributed by atoms with Crippen LogP contribution < -0.4 is 4.74 Å². The lowest BCUT2D eigenvalue weighted by Gasteiger charge is -2.18. The third kappa shape index (κ3) is 3.45. The molecule has 18 heavy (non-hydrogen) atoms. The summed E-state index contributed by atoms with van der Waals surface area (Å²) in [6.45, 7) is 6.44. The van der Waals surface area contributed by atoms with Gasteiger partial charge in [0, 0.05) is 10.9 Å². The van der Waals surface area contributed by atoms with E-state index in [1.807, 2.05) is 6.92 Å². The minimum absolute atomic E-state index is 0.0235. The van der Waals surface area contributed by atoms with Gasteiger partial charge in [0.25, 0.3) is 0 Å². The lowest BCUT2D eigenvalue weighted by Crippen LogP contribution is -2.08. The monoisotopic (exact) mass is 315 g/mol. The zero-order valence-corrected chi connectivity index (χ0v) is 12.4. The number of rotatable bonds is 6. The van der Waals surface area contributed by atoms with Gasteiger partial charge in [-0.25, -0.2) is 0 Å². The zero-order chi connectivity index (χ0) is 13.7. The molecule has 2 unspecified atom stereocenters. The first-order valence-electron chi connectivity index (χ1n) is 6.06. The summed E-state index contributed by atoms with van der Waals surface area (Å²) in [5.74, 6) is 0.637. The van der Waals surface area contributed by atoms with Gasteiger partial charge in [-0.1, -0.05) is 35.8 Å². The fraction of sp³-hybridized carbons (Fsp3) is 0.538. The number of nitro groups is 1. The predicted octanol–water partition coefficient (Wildman–Crippen LogP) is 4.27. The number of ether oxygens (including phenoxy) is 1. The molecule has 0 spiro atoms. The topological polar surface area (TPSA) is 52.4 Å². The summed E-state index contributed by atoms with van der Waals surface area (Å²) >= 11 is 3.62. The molecule has 0 aromatic heterocycles. The van der Waals surface area contributed by atoms with E-state index in [2.05, 4.69) is 29.8 Å². The van der Waals surface area contributed by atoms with Crippen molar-refractivity contribution in [1.29, 1.82) is 0 Å². The molecule has 0 bridgehead atoms. The van der Waals surface area contributed by atoms with Crippen LogP contribution in [0.4, 0.5) is 5.69 Å². The number of nitro benzene ring substituents is 1. The van der Waals surface area contributed by atoms with Crippen molar-refractivity contribution in [1.82, 2.24) is 0 Å². The average molecular weight is 316 g/mol. The Hall–Kier alpha value is -1.10. The lowest BCUT2D eigenvalue weighted by molar-refractivity contribution is -0.385. The highest BCUT2D eigenvalue weighted by Gasteiger charge is 2.20. The summed E-state index contributed by atoms with van der Waals surface area (Å²) in [5, 5.41) is 10.9. The third-order valence-corrected chi connectivity index (χ3v) is 4.38. The molecule has 0 heterocycles. The van der Waals surface area contributed by atoms with Gasteiger partial charge in [-0.05, 0) is 30.9 Å². The van der Waals surface area contributed by atoms with Gasteiger partial charge >= 0.3 is 5.69 Å². The summed E-state index contributed by atoms with van der Waals surface area (Å²) in [6, 6.07) is 5.09. The van der Waals surface area contributed by atoms with E-state index in [0.29, 0.717) is 17.2 Å². The van der Waals surface area contributed by atoms with Crippen molar-refractivity contribution in [3.8, 4) is 5.75 Å². The van der Waals surface area contributed by atoms with Crippen LogP contribution in [0.1, 0.15) is 38.7 Å². The minimum Gasteiger partial charge on any atom is -0.487 e. The molecule has 0 aliphatic rings. The standard InChI is InChI=1S/C13H18BrNO3/c1-4-11(14)9(3)10-6-7-12(15(16)17)13(8-10)18-5-2/h6-9,11H,4-5H2,1-3H3. The predicted molar refractivity (Wildman–Crippen MR) is 75.7 cm³/mol. The Kier molecular flexibility index (Phi) is 5.59. The number of hydrogen-bond donors (Lipinski definition) is 0. The van der Waals surface area contributed by atoms with Gasteiger partial charge in [0.05, 0.1) is 11.5 Å². The first kappa shape index (κ1) is 15.0. The van der Waals surface area contributed by atoms with Crippen molar-refractivity contribution in [3.05, 3.63) is 33.9 Å². The Morgan fingerprint density at radius 2 is 2.11 bits per heavy atom. The van der Waals surface area contributed by atoms with Crippen molar-refractivity contribution in [2.45, 2.75) is 37.9 Å². The van der Waals surface area contributed by atoms with Crippen molar-refractivity contribution < 1.29 is 9.66 Å². The molecule has 0 fully saturated rings. The van der Waals surface area contributed by atoms with Crippen LogP contribution in [0.2, 0.25) is 0 Å². The van der Waals surface area contributed by atoms with Gasteiger partial charge in [-0.2, -0.15) is 0 Å². The molecule has 2 atom stereocenters. The van der Waals surface area contributed by atoms with E-state index in [0.717, 1.165) is 12.0 Å². The summed E-state index contributed by atoms with van der Waals surface area (Å²) in [7, 11) is 0. The highest BCUT2D eigenvalue weighted by molar-refractivity contribution is 9.09. The molecule has 0 radical (unpaired) electrons. The molecule has 1 aromatic carbocycles. The minimum atomic E-state index is -0.412. The van der Waals surface area contributed by atoms with E-state index >= 15 is 0 Å². The second-order valence-electron chi connectivity index (χ2n) is 4.13. The summed E-state index contributed by atoms with van der Waals surface area (Å²) < 4.78 is 5.35. The molecule has 0 saturated heterocycles. The molecule has 100 valence electrons. The number of alkyl halides is 1. The maximum absolute atomic E-state index is 10.9. The van der Waals surface area contributed by atoms with E-state index in [4.69, 9.17) is 4.74 Å². The molecular formula is C13H18BrNO3. The van der Waals surface area contributed by atoms with Crippen molar-refractivity contribution in [2.75, 3.05) is 6.61 Å². The molecule has 0 saturated carbocycles. The van der Waals surface area contributed by atoms with Crippen molar-refractivity contribution >= 4 is 21.6 Å². The first-order chi connectivity index (χ1) is 8.51. The molecule has 1 rings (SSSR count). The summed E-state index contributed by atoms with van der Waals surface area (Å²) in [6.07, 6.45) is 1.00. The largest absolute Gasteiger partial charge is 0.487 e. The van der Waals surface area contributed by atoms with E-state index < -0.39 is 4.92 Å². The molecule has 0 aliphatic carbocycles. The fourth-order valence-electron chi connectivity index (χ4n) is 1.80. The summed E-state index contributed by atoms with van der Waals surface area (Å²) in [4.78, 5) is 10.8. The second-order valence-corrected chi connectivity index (χ2v) is 5.31. The normalized spacial score (nSPS) is 14.0. The molecule has 0 N–H and O–H groups in total. The van der Waals surface area contributed by atoms with Crippen LogP contribution in [0, 0.1) is 10.1 Å². The summed E-state index contributed by atoms with van der Waals surface area (Å²) in [5.41, 5.74) is 1.07. The Bertz CT molecular complexity index is 423. The maximum atomic E-state index is 10.9. The van der Waals surface area contributed by atoms with Crippen LogP contribution >= 0.6 is 15.9 Å². The van der Waals surface area contributed by atoms with Crippen LogP contribution in [-0.2, 0) is 0 Å². The smallest absolute Gasteiger partial charge is 0.310 e. The molecule has 0 amide bonds. The molecule has 5 heteroatoms. The third-order valence-electron chi connectivity index (χ3n) is 2.94. The van der Waals surface area contributed by atoms with E-state index in [1.165, 1.54) is 6.07 Å². The Morgan fingerprint density at radius 3 is 2.61 bits per heavy atom. The Balaban J connectivity index is 3.10. The second kappa shape index (κ2) is 6.73. The van der Waals surface area contributed by atoms with Gasteiger partial charge in [0.2, 0.25) is 0 Å². The van der Waals surface area contributed by atoms with Crippen LogP contribution in [0.5, 0.6) is 5.75 Å². The van der Waals surface area contributed by atoms with Gasteiger partial charge in [-0.15, -0.1) is 0 Å². The van der Waals surface area contributed by atoms with Gasteiger partial charge < -0.3 is 4.74 Å². The van der Waals surface area contributed by atoms with Crippen LogP contribution in [0.3, 0.4) is 0 Å². The SMILES string of the molecule is CCOc1cc(C(C)C(Br)CC)ccc1[N+](=O)[O-]. The molecule has 4 nitrogen and oxygen atoms in total. The average Bonchev–Trinajstić information content (AvgIpc) is 2.37. The van der Waals surface area contributed by atoms with Crippen LogP contribution in [-0.4, -0.2) is 16.4 Å². The Morgan fingerprint density at radius 1 is 1.44 bits per heavy atom. The highest BCUT2D eigenvalue weighted by Crippen LogP contribution is 2.34. The van der Waals surface area contributed by atoms with E-state index in [9.17, 15) is 10.1 Å². The van der Waals surface area contributed by atoms with Crippen molar-refractivity contribution in [2.24, 2.45) is 0 Å². The van der Waals surface area contributed by atoms with Gasteiger partial charge in [0.15, 0.2) is 5.75 Å². The van der Waals surface area contributed by atoms with Gasteiger partial charge in [0.1, 0.15) is 0 Å². The Labute approximate surface area is 116 Å². The number of halogens is 1. The number of hydrogen-bond acceptors (Lipinski definition) is 3. The van der Waals surface area contributed by atoms with E-state index in [1.54, 1.807) is 12.1 Å².